The monoisotopic (exact) mass is 284 g/mol. The molecule has 2 aromatic carbocycles. The largest absolute Gasteiger partial charge is 0.390 e. The lowest BCUT2D eigenvalue weighted by molar-refractivity contribution is -0.0377. The molecule has 0 heterocycles. The van der Waals surface area contributed by atoms with Crippen molar-refractivity contribution in [1.82, 2.24) is 0 Å². The van der Waals surface area contributed by atoms with Crippen LogP contribution in [0.1, 0.15) is 30.0 Å². The van der Waals surface area contributed by atoms with Gasteiger partial charge in [0.05, 0.1) is 18.8 Å². The topological polar surface area (TPSA) is 29.5 Å². The number of hydrogen-bond acceptors (Lipinski definition) is 2. The summed E-state index contributed by atoms with van der Waals surface area (Å²) in [5, 5.41) is 10.2. The van der Waals surface area contributed by atoms with Gasteiger partial charge < -0.3 is 9.84 Å². The fourth-order valence-electron chi connectivity index (χ4n) is 2.34. The molecule has 0 bridgehead atoms. The van der Waals surface area contributed by atoms with Gasteiger partial charge in [-0.1, -0.05) is 54.6 Å². The second kappa shape index (κ2) is 7.96. The third kappa shape index (κ3) is 5.00. The van der Waals surface area contributed by atoms with Crippen molar-refractivity contribution in [3.63, 3.8) is 0 Å². The molecule has 0 aromatic heterocycles. The zero-order valence-corrected chi connectivity index (χ0v) is 12.8. The molecule has 0 saturated carbocycles. The van der Waals surface area contributed by atoms with Crippen LogP contribution >= 0.6 is 0 Å². The van der Waals surface area contributed by atoms with Crippen molar-refractivity contribution in [2.45, 2.75) is 45.5 Å². The lowest BCUT2D eigenvalue weighted by atomic mass is 10.0. The highest BCUT2D eigenvalue weighted by Crippen LogP contribution is 2.14. The van der Waals surface area contributed by atoms with Crippen molar-refractivity contribution in [2.24, 2.45) is 0 Å². The highest BCUT2D eigenvalue weighted by molar-refractivity contribution is 5.25. The molecule has 2 rings (SSSR count). The minimum atomic E-state index is -0.437. The zero-order valence-electron chi connectivity index (χ0n) is 12.8. The van der Waals surface area contributed by atoms with Crippen LogP contribution in [0.3, 0.4) is 0 Å². The summed E-state index contributed by atoms with van der Waals surface area (Å²) >= 11 is 0. The molecule has 21 heavy (non-hydrogen) atoms. The van der Waals surface area contributed by atoms with Crippen molar-refractivity contribution in [3.05, 3.63) is 71.3 Å². The van der Waals surface area contributed by atoms with Gasteiger partial charge in [0, 0.05) is 0 Å². The first-order valence-electron chi connectivity index (χ1n) is 7.55. The molecule has 0 fully saturated rings. The molecule has 2 heteroatoms. The Kier molecular flexibility index (Phi) is 5.97. The first-order valence-corrected chi connectivity index (χ1v) is 7.55. The van der Waals surface area contributed by atoms with Crippen LogP contribution in [0.5, 0.6) is 0 Å². The molecule has 0 saturated heterocycles. The zero-order chi connectivity index (χ0) is 15.1. The molecular weight excluding hydrogens is 260 g/mol. The van der Waals surface area contributed by atoms with E-state index >= 15 is 0 Å². The van der Waals surface area contributed by atoms with Gasteiger partial charge in [-0.2, -0.15) is 0 Å². The molecule has 2 nitrogen and oxygen atoms in total. The Bertz CT molecular complexity index is 536. The summed E-state index contributed by atoms with van der Waals surface area (Å²) in [4.78, 5) is 0. The number of rotatable bonds is 7. The van der Waals surface area contributed by atoms with Crippen LogP contribution in [0.2, 0.25) is 0 Å². The molecule has 112 valence electrons. The number of hydrogen-bond donors (Lipinski definition) is 1. The number of aryl methyl sites for hydroxylation is 2. The SMILES string of the molecule is Cc1ccccc1CC[C@H](O)[C@H](C)OCc1ccccc1. The van der Waals surface area contributed by atoms with Crippen LogP contribution in [0.15, 0.2) is 54.6 Å². The third-order valence-electron chi connectivity index (χ3n) is 3.87. The summed E-state index contributed by atoms with van der Waals surface area (Å²) in [6.07, 6.45) is 1.01. The van der Waals surface area contributed by atoms with Gasteiger partial charge in [-0.25, -0.2) is 0 Å². The van der Waals surface area contributed by atoms with Crippen molar-refractivity contribution in [1.29, 1.82) is 0 Å². The van der Waals surface area contributed by atoms with Gasteiger partial charge in [0.25, 0.3) is 0 Å². The quantitative estimate of drug-likeness (QED) is 0.835. The minimum Gasteiger partial charge on any atom is -0.390 e. The molecule has 0 aliphatic rings. The molecule has 0 unspecified atom stereocenters. The number of ether oxygens (including phenoxy) is 1. The van der Waals surface area contributed by atoms with Gasteiger partial charge in [-0.05, 0) is 43.4 Å². The van der Waals surface area contributed by atoms with Crippen molar-refractivity contribution in [3.8, 4) is 0 Å². The highest BCUT2D eigenvalue weighted by atomic mass is 16.5. The summed E-state index contributed by atoms with van der Waals surface area (Å²) in [6.45, 7) is 4.59. The smallest absolute Gasteiger partial charge is 0.0810 e. The average molecular weight is 284 g/mol. The summed E-state index contributed by atoms with van der Waals surface area (Å²) < 4.78 is 5.76. The molecule has 0 aliphatic heterocycles. The van der Waals surface area contributed by atoms with E-state index in [4.69, 9.17) is 4.74 Å². The summed E-state index contributed by atoms with van der Waals surface area (Å²) in [7, 11) is 0. The fraction of sp³-hybridized carbons (Fsp3) is 0.368. The molecule has 2 atom stereocenters. The third-order valence-corrected chi connectivity index (χ3v) is 3.87. The standard InChI is InChI=1S/C19H24O2/c1-15-8-6-7-11-18(15)12-13-19(20)16(2)21-14-17-9-4-3-5-10-17/h3-11,16,19-20H,12-14H2,1-2H3/t16-,19-/m0/s1. The second-order valence-corrected chi connectivity index (χ2v) is 5.53. The van der Waals surface area contributed by atoms with Crippen molar-refractivity contribution < 1.29 is 9.84 Å². The van der Waals surface area contributed by atoms with E-state index in [2.05, 4.69) is 19.1 Å². The van der Waals surface area contributed by atoms with Crippen molar-refractivity contribution in [2.75, 3.05) is 0 Å². The van der Waals surface area contributed by atoms with Crippen LogP contribution in [0.4, 0.5) is 0 Å². The molecule has 0 aliphatic carbocycles. The molecule has 0 amide bonds. The minimum absolute atomic E-state index is 0.158. The van der Waals surface area contributed by atoms with Gasteiger partial charge in [-0.15, -0.1) is 0 Å². The Morgan fingerprint density at radius 2 is 1.67 bits per heavy atom. The van der Waals surface area contributed by atoms with Crippen LogP contribution < -0.4 is 0 Å². The average Bonchev–Trinajstić information content (AvgIpc) is 2.52. The van der Waals surface area contributed by atoms with Crippen LogP contribution in [0, 0.1) is 6.92 Å². The predicted octanol–water partition coefficient (Wildman–Crippen LogP) is 3.89. The normalized spacial score (nSPS) is 13.9. The maximum atomic E-state index is 10.2. The van der Waals surface area contributed by atoms with E-state index in [0.29, 0.717) is 6.61 Å². The van der Waals surface area contributed by atoms with E-state index in [1.807, 2.05) is 49.4 Å². The molecule has 0 radical (unpaired) electrons. The lowest BCUT2D eigenvalue weighted by Gasteiger charge is -2.20. The maximum Gasteiger partial charge on any atom is 0.0810 e. The Hall–Kier alpha value is -1.64. The lowest BCUT2D eigenvalue weighted by Crippen LogP contribution is -2.26. The van der Waals surface area contributed by atoms with Gasteiger partial charge in [0.2, 0.25) is 0 Å². The first-order chi connectivity index (χ1) is 10.2. The maximum absolute atomic E-state index is 10.2. The highest BCUT2D eigenvalue weighted by Gasteiger charge is 2.15. The van der Waals surface area contributed by atoms with E-state index in [9.17, 15) is 5.11 Å². The number of aliphatic hydroxyl groups is 1. The van der Waals surface area contributed by atoms with E-state index < -0.39 is 6.10 Å². The van der Waals surface area contributed by atoms with Gasteiger partial charge in [0.15, 0.2) is 0 Å². The number of aliphatic hydroxyl groups excluding tert-OH is 1. The Morgan fingerprint density at radius 1 is 1.00 bits per heavy atom. The summed E-state index contributed by atoms with van der Waals surface area (Å²) in [5.41, 5.74) is 3.71. The molecule has 2 aromatic rings. The van der Waals surface area contributed by atoms with Crippen LogP contribution in [0.25, 0.3) is 0 Å². The molecular formula is C19H24O2. The summed E-state index contributed by atoms with van der Waals surface area (Å²) in [5.74, 6) is 0. The Labute approximate surface area is 127 Å². The fourth-order valence-corrected chi connectivity index (χ4v) is 2.34. The predicted molar refractivity (Wildman–Crippen MR) is 86.2 cm³/mol. The van der Waals surface area contributed by atoms with E-state index in [-0.39, 0.29) is 6.10 Å². The van der Waals surface area contributed by atoms with E-state index in [0.717, 1.165) is 18.4 Å². The van der Waals surface area contributed by atoms with E-state index in [1.54, 1.807) is 0 Å². The number of benzene rings is 2. The van der Waals surface area contributed by atoms with Gasteiger partial charge in [-0.3, -0.25) is 0 Å². The van der Waals surface area contributed by atoms with E-state index in [1.165, 1.54) is 11.1 Å². The first kappa shape index (κ1) is 15.7. The Balaban J connectivity index is 1.77. The summed E-state index contributed by atoms with van der Waals surface area (Å²) in [6, 6.07) is 18.4. The Morgan fingerprint density at radius 3 is 2.38 bits per heavy atom. The van der Waals surface area contributed by atoms with Gasteiger partial charge in [0.1, 0.15) is 0 Å². The van der Waals surface area contributed by atoms with Crippen LogP contribution in [-0.4, -0.2) is 17.3 Å². The van der Waals surface area contributed by atoms with Gasteiger partial charge >= 0.3 is 0 Å². The molecule has 1 N–H and O–H groups in total. The molecule has 0 spiro atoms. The second-order valence-electron chi connectivity index (χ2n) is 5.53. The van der Waals surface area contributed by atoms with Crippen molar-refractivity contribution >= 4 is 0 Å². The van der Waals surface area contributed by atoms with Crippen LogP contribution in [-0.2, 0) is 17.8 Å².